The van der Waals surface area contributed by atoms with E-state index in [-0.39, 0.29) is 11.2 Å². The predicted octanol–water partition coefficient (Wildman–Crippen LogP) is 2.06. The molecule has 3 rings (SSSR count). The Morgan fingerprint density at radius 2 is 1.63 bits per heavy atom. The van der Waals surface area contributed by atoms with Crippen LogP contribution in [0.15, 0.2) is 34.0 Å². The van der Waals surface area contributed by atoms with Gasteiger partial charge in [-0.1, -0.05) is 12.1 Å². The van der Waals surface area contributed by atoms with Gasteiger partial charge in [0, 0.05) is 50.2 Å². The first kappa shape index (κ1) is 19.4. The summed E-state index contributed by atoms with van der Waals surface area (Å²) in [7, 11) is 0. The van der Waals surface area contributed by atoms with E-state index < -0.39 is 0 Å². The monoisotopic (exact) mass is 370 g/mol. The van der Waals surface area contributed by atoms with Crippen LogP contribution in [-0.4, -0.2) is 47.2 Å². The van der Waals surface area contributed by atoms with Crippen LogP contribution in [-0.2, 0) is 6.54 Å². The number of aromatic amines is 1. The van der Waals surface area contributed by atoms with E-state index in [0.29, 0.717) is 12.1 Å². The fourth-order valence-corrected chi connectivity index (χ4v) is 3.69. The number of hydrogen-bond acceptors (Lipinski definition) is 4. The zero-order valence-electron chi connectivity index (χ0n) is 16.6. The Bertz CT molecular complexity index is 892. The molecule has 0 spiro atoms. The molecule has 0 radical (unpaired) electrons. The molecule has 6 heteroatoms. The Morgan fingerprint density at radius 3 is 2.37 bits per heavy atom. The number of benzene rings is 1. The topological polar surface area (TPSA) is 61.3 Å². The minimum Gasteiger partial charge on any atom is -0.369 e. The molecular formula is C21H30N4O2. The summed E-state index contributed by atoms with van der Waals surface area (Å²) in [6.07, 6.45) is 3.64. The molecule has 2 aromatic rings. The standard InChI is InChI=1S/C21H30N4O2/c1-16-7-6-8-19(18(16)3)24-13-11-23(12-14-24)9-4-5-10-25-15-17(2)20(26)22-21(25)27/h6-8,15H,4-5,9-14H2,1-3H3,(H,22,26,27). The van der Waals surface area contributed by atoms with Crippen molar-refractivity contribution in [2.75, 3.05) is 37.6 Å². The number of anilines is 1. The number of piperazine rings is 1. The van der Waals surface area contributed by atoms with Crippen molar-refractivity contribution in [1.29, 1.82) is 0 Å². The van der Waals surface area contributed by atoms with Crippen LogP contribution in [0, 0.1) is 20.8 Å². The normalized spacial score (nSPS) is 15.3. The van der Waals surface area contributed by atoms with Crippen molar-refractivity contribution in [2.45, 2.75) is 40.2 Å². The Hall–Kier alpha value is -2.34. The Morgan fingerprint density at radius 1 is 0.926 bits per heavy atom. The predicted molar refractivity (Wildman–Crippen MR) is 110 cm³/mol. The molecule has 0 aliphatic carbocycles. The van der Waals surface area contributed by atoms with E-state index in [1.165, 1.54) is 16.8 Å². The first-order valence-electron chi connectivity index (χ1n) is 9.79. The summed E-state index contributed by atoms with van der Waals surface area (Å²) in [5, 5.41) is 0. The molecule has 0 atom stereocenters. The summed E-state index contributed by atoms with van der Waals surface area (Å²) >= 11 is 0. The molecule has 0 unspecified atom stereocenters. The SMILES string of the molecule is Cc1cccc(N2CCN(CCCCn3cc(C)c(=O)[nH]c3=O)CC2)c1C. The molecule has 0 bridgehead atoms. The van der Waals surface area contributed by atoms with E-state index in [0.717, 1.165) is 45.6 Å². The van der Waals surface area contributed by atoms with Crippen molar-refractivity contribution in [2.24, 2.45) is 0 Å². The maximum Gasteiger partial charge on any atom is 0.328 e. The second-order valence-electron chi connectivity index (χ2n) is 7.52. The zero-order valence-corrected chi connectivity index (χ0v) is 16.6. The van der Waals surface area contributed by atoms with Gasteiger partial charge in [0.1, 0.15) is 0 Å². The van der Waals surface area contributed by atoms with Gasteiger partial charge in [-0.2, -0.15) is 0 Å². The second kappa shape index (κ2) is 8.57. The molecule has 27 heavy (non-hydrogen) atoms. The lowest BCUT2D eigenvalue weighted by Crippen LogP contribution is -2.46. The van der Waals surface area contributed by atoms with Crippen LogP contribution in [0.5, 0.6) is 0 Å². The number of aromatic nitrogens is 2. The zero-order chi connectivity index (χ0) is 19.4. The van der Waals surface area contributed by atoms with Gasteiger partial charge >= 0.3 is 5.69 Å². The average Bonchev–Trinajstić information content (AvgIpc) is 2.65. The molecule has 1 aliphatic rings. The third-order valence-electron chi connectivity index (χ3n) is 5.60. The highest BCUT2D eigenvalue weighted by atomic mass is 16.2. The Kier molecular flexibility index (Phi) is 6.16. The van der Waals surface area contributed by atoms with Crippen molar-refractivity contribution in [1.82, 2.24) is 14.5 Å². The number of nitrogens with zero attached hydrogens (tertiary/aromatic N) is 3. The first-order valence-corrected chi connectivity index (χ1v) is 9.79. The maximum absolute atomic E-state index is 11.8. The van der Waals surface area contributed by atoms with Crippen LogP contribution >= 0.6 is 0 Å². The van der Waals surface area contributed by atoms with Crippen molar-refractivity contribution >= 4 is 5.69 Å². The minimum atomic E-state index is -0.312. The molecule has 1 aromatic heterocycles. The van der Waals surface area contributed by atoms with Crippen molar-refractivity contribution in [3.63, 3.8) is 0 Å². The van der Waals surface area contributed by atoms with Gasteiger partial charge in [-0.15, -0.1) is 0 Å². The smallest absolute Gasteiger partial charge is 0.328 e. The number of aryl methyl sites for hydroxylation is 3. The largest absolute Gasteiger partial charge is 0.369 e. The average molecular weight is 370 g/mol. The summed E-state index contributed by atoms with van der Waals surface area (Å²) in [6, 6.07) is 6.54. The van der Waals surface area contributed by atoms with E-state index >= 15 is 0 Å². The molecule has 6 nitrogen and oxygen atoms in total. The lowest BCUT2D eigenvalue weighted by molar-refractivity contribution is 0.251. The third-order valence-corrected chi connectivity index (χ3v) is 5.60. The van der Waals surface area contributed by atoms with Gasteiger partial charge in [0.15, 0.2) is 0 Å². The van der Waals surface area contributed by atoms with Crippen LogP contribution in [0.2, 0.25) is 0 Å². The van der Waals surface area contributed by atoms with Crippen molar-refractivity contribution in [3.05, 3.63) is 61.9 Å². The van der Waals surface area contributed by atoms with Crippen LogP contribution in [0.25, 0.3) is 0 Å². The highest BCUT2D eigenvalue weighted by Gasteiger charge is 2.18. The molecule has 1 aromatic carbocycles. The quantitative estimate of drug-likeness (QED) is 0.791. The molecule has 1 saturated heterocycles. The van der Waals surface area contributed by atoms with E-state index in [4.69, 9.17) is 0 Å². The highest BCUT2D eigenvalue weighted by molar-refractivity contribution is 5.56. The van der Waals surface area contributed by atoms with E-state index in [2.05, 4.69) is 46.8 Å². The summed E-state index contributed by atoms with van der Waals surface area (Å²) in [6.45, 7) is 12.1. The summed E-state index contributed by atoms with van der Waals surface area (Å²) in [5.74, 6) is 0. The molecule has 146 valence electrons. The van der Waals surface area contributed by atoms with Gasteiger partial charge < -0.3 is 9.47 Å². The van der Waals surface area contributed by atoms with E-state index in [1.807, 2.05) is 0 Å². The van der Waals surface area contributed by atoms with Gasteiger partial charge in [-0.25, -0.2) is 4.79 Å². The molecule has 2 heterocycles. The maximum atomic E-state index is 11.8. The number of hydrogen-bond donors (Lipinski definition) is 1. The van der Waals surface area contributed by atoms with Gasteiger partial charge in [0.05, 0.1) is 0 Å². The molecule has 1 aliphatic heterocycles. The fourth-order valence-electron chi connectivity index (χ4n) is 3.69. The number of rotatable bonds is 6. The van der Waals surface area contributed by atoms with Crippen LogP contribution in [0.4, 0.5) is 5.69 Å². The van der Waals surface area contributed by atoms with Crippen LogP contribution < -0.4 is 16.1 Å². The summed E-state index contributed by atoms with van der Waals surface area (Å²) in [5.41, 5.74) is 4.07. The molecular weight excluding hydrogens is 340 g/mol. The highest BCUT2D eigenvalue weighted by Crippen LogP contribution is 2.23. The fraction of sp³-hybridized carbons (Fsp3) is 0.524. The Balaban J connectivity index is 1.44. The van der Waals surface area contributed by atoms with Crippen molar-refractivity contribution in [3.8, 4) is 0 Å². The molecule has 1 fully saturated rings. The van der Waals surface area contributed by atoms with Gasteiger partial charge in [0.2, 0.25) is 0 Å². The Labute approximate surface area is 160 Å². The number of H-pyrrole nitrogens is 1. The number of nitrogens with one attached hydrogen (secondary N) is 1. The first-order chi connectivity index (χ1) is 13.0. The molecule has 0 amide bonds. The lowest BCUT2D eigenvalue weighted by atomic mass is 10.1. The second-order valence-corrected chi connectivity index (χ2v) is 7.52. The minimum absolute atomic E-state index is 0.294. The summed E-state index contributed by atoms with van der Waals surface area (Å²) < 4.78 is 1.61. The van der Waals surface area contributed by atoms with E-state index in [1.54, 1.807) is 17.7 Å². The van der Waals surface area contributed by atoms with Crippen LogP contribution in [0.3, 0.4) is 0 Å². The van der Waals surface area contributed by atoms with Crippen LogP contribution in [0.1, 0.15) is 29.5 Å². The van der Waals surface area contributed by atoms with Gasteiger partial charge in [0.25, 0.3) is 5.56 Å². The van der Waals surface area contributed by atoms with Gasteiger partial charge in [-0.05, 0) is 57.4 Å². The third kappa shape index (κ3) is 4.69. The van der Waals surface area contributed by atoms with Gasteiger partial charge in [-0.3, -0.25) is 14.7 Å². The lowest BCUT2D eigenvalue weighted by Gasteiger charge is -2.37. The number of unbranched alkanes of at least 4 members (excludes halogenated alkanes) is 1. The molecule has 1 N–H and O–H groups in total. The molecule has 0 saturated carbocycles. The van der Waals surface area contributed by atoms with Crippen molar-refractivity contribution < 1.29 is 0 Å². The van der Waals surface area contributed by atoms with E-state index in [9.17, 15) is 9.59 Å². The summed E-state index contributed by atoms with van der Waals surface area (Å²) in [4.78, 5) is 30.6.